The Hall–Kier alpha value is -1.91. The Morgan fingerprint density at radius 1 is 1.24 bits per heavy atom. The van der Waals surface area contributed by atoms with E-state index >= 15 is 0 Å². The van der Waals surface area contributed by atoms with E-state index in [2.05, 4.69) is 19.0 Å². The van der Waals surface area contributed by atoms with E-state index in [0.717, 1.165) is 25.3 Å². The third-order valence-electron chi connectivity index (χ3n) is 4.47. The number of anilines is 1. The second-order valence-corrected chi connectivity index (χ2v) is 6.40. The topological polar surface area (TPSA) is 52.0 Å². The maximum Gasteiger partial charge on any atom is 0.175 e. The minimum absolute atomic E-state index is 0.0621. The maximum absolute atomic E-state index is 13.5. The van der Waals surface area contributed by atoms with E-state index in [-0.39, 0.29) is 17.2 Å². The minimum Gasteiger partial charge on any atom is -0.380 e. The standard InChI is InChI=1S/C16H18F2N2O/c1-16(2)5-3-4-12(16)14-13(15(19)20-21-14)9-6-10(17)8-11(18)7-9/h6-8,12H,3-5H2,1-2H3,(H2,19,20). The highest BCUT2D eigenvalue weighted by Gasteiger charge is 2.40. The first-order valence-electron chi connectivity index (χ1n) is 7.10. The summed E-state index contributed by atoms with van der Waals surface area (Å²) in [5.41, 5.74) is 6.84. The molecule has 2 N–H and O–H groups in total. The van der Waals surface area contributed by atoms with Crippen molar-refractivity contribution in [1.29, 1.82) is 0 Å². The van der Waals surface area contributed by atoms with Crippen LogP contribution < -0.4 is 5.73 Å². The summed E-state index contributed by atoms with van der Waals surface area (Å²) in [6.45, 7) is 4.33. The molecule has 0 amide bonds. The maximum atomic E-state index is 13.5. The molecule has 0 bridgehead atoms. The summed E-state index contributed by atoms with van der Waals surface area (Å²) in [5.74, 6) is -0.300. The fourth-order valence-electron chi connectivity index (χ4n) is 3.35. The van der Waals surface area contributed by atoms with Crippen LogP contribution in [-0.4, -0.2) is 5.16 Å². The molecule has 1 atom stereocenters. The Kier molecular flexibility index (Phi) is 3.23. The van der Waals surface area contributed by atoms with Crippen molar-refractivity contribution >= 4 is 5.82 Å². The SMILES string of the molecule is CC1(C)CCCC1c1onc(N)c1-c1cc(F)cc(F)c1. The smallest absolute Gasteiger partial charge is 0.175 e. The van der Waals surface area contributed by atoms with Gasteiger partial charge in [0.25, 0.3) is 0 Å². The van der Waals surface area contributed by atoms with Crippen molar-refractivity contribution in [2.75, 3.05) is 5.73 Å². The van der Waals surface area contributed by atoms with E-state index in [4.69, 9.17) is 10.3 Å². The third-order valence-corrected chi connectivity index (χ3v) is 4.47. The van der Waals surface area contributed by atoms with Crippen LogP contribution >= 0.6 is 0 Å². The van der Waals surface area contributed by atoms with Crippen molar-refractivity contribution in [2.24, 2.45) is 5.41 Å². The second-order valence-electron chi connectivity index (χ2n) is 6.40. The van der Waals surface area contributed by atoms with Crippen LogP contribution in [0.3, 0.4) is 0 Å². The van der Waals surface area contributed by atoms with Crippen LogP contribution in [0.1, 0.15) is 44.8 Å². The molecule has 0 spiro atoms. The molecule has 1 aliphatic carbocycles. The average molecular weight is 292 g/mol. The zero-order valence-corrected chi connectivity index (χ0v) is 12.1. The number of hydrogen-bond acceptors (Lipinski definition) is 3. The number of rotatable bonds is 2. The van der Waals surface area contributed by atoms with Crippen molar-refractivity contribution in [3.05, 3.63) is 35.6 Å². The lowest BCUT2D eigenvalue weighted by atomic mass is 9.79. The van der Waals surface area contributed by atoms with Crippen LogP contribution in [0.4, 0.5) is 14.6 Å². The van der Waals surface area contributed by atoms with E-state index in [1.165, 1.54) is 12.1 Å². The molecular weight excluding hydrogens is 274 g/mol. The summed E-state index contributed by atoms with van der Waals surface area (Å²) >= 11 is 0. The number of nitrogens with two attached hydrogens (primary N) is 1. The largest absolute Gasteiger partial charge is 0.380 e. The number of benzene rings is 1. The molecule has 5 heteroatoms. The Bertz CT molecular complexity index is 659. The Morgan fingerprint density at radius 2 is 1.90 bits per heavy atom. The molecule has 1 saturated carbocycles. The van der Waals surface area contributed by atoms with Gasteiger partial charge >= 0.3 is 0 Å². The molecule has 0 aliphatic heterocycles. The number of aromatic nitrogens is 1. The van der Waals surface area contributed by atoms with Gasteiger partial charge in [-0.3, -0.25) is 0 Å². The number of nitrogen functional groups attached to an aromatic ring is 1. The number of halogens is 2. The summed E-state index contributed by atoms with van der Waals surface area (Å²) in [5, 5.41) is 3.82. The van der Waals surface area contributed by atoms with E-state index in [1.54, 1.807) is 0 Å². The number of nitrogens with zero attached hydrogens (tertiary/aromatic N) is 1. The molecule has 2 aromatic rings. The van der Waals surface area contributed by atoms with Crippen molar-refractivity contribution in [3.63, 3.8) is 0 Å². The molecule has 3 rings (SSSR count). The lowest BCUT2D eigenvalue weighted by molar-refractivity contribution is 0.269. The molecule has 112 valence electrons. The van der Waals surface area contributed by atoms with E-state index in [1.807, 2.05) is 0 Å². The summed E-state index contributed by atoms with van der Waals surface area (Å²) in [4.78, 5) is 0. The predicted octanol–water partition coefficient (Wildman–Crippen LogP) is 4.50. The van der Waals surface area contributed by atoms with Gasteiger partial charge in [-0.05, 0) is 36.0 Å². The molecule has 0 saturated heterocycles. The van der Waals surface area contributed by atoms with Gasteiger partial charge in [-0.15, -0.1) is 0 Å². The lowest BCUT2D eigenvalue weighted by Gasteiger charge is -2.25. The lowest BCUT2D eigenvalue weighted by Crippen LogP contribution is -2.15. The molecule has 3 nitrogen and oxygen atoms in total. The normalized spacial score (nSPS) is 20.9. The number of hydrogen-bond donors (Lipinski definition) is 1. The van der Waals surface area contributed by atoms with Crippen LogP contribution in [0, 0.1) is 17.0 Å². The van der Waals surface area contributed by atoms with Gasteiger partial charge in [-0.25, -0.2) is 8.78 Å². The summed E-state index contributed by atoms with van der Waals surface area (Å²) in [7, 11) is 0. The summed E-state index contributed by atoms with van der Waals surface area (Å²) in [6.07, 6.45) is 3.14. The summed E-state index contributed by atoms with van der Waals surface area (Å²) < 4.78 is 32.4. The first-order chi connectivity index (χ1) is 9.88. The third kappa shape index (κ3) is 2.41. The van der Waals surface area contributed by atoms with Crippen molar-refractivity contribution < 1.29 is 13.3 Å². The average Bonchev–Trinajstić information content (AvgIpc) is 2.90. The molecule has 1 unspecified atom stereocenters. The van der Waals surface area contributed by atoms with E-state index in [9.17, 15) is 8.78 Å². The van der Waals surface area contributed by atoms with Gasteiger partial charge in [-0.2, -0.15) is 0 Å². The highest BCUT2D eigenvalue weighted by molar-refractivity contribution is 5.76. The quantitative estimate of drug-likeness (QED) is 0.887. The summed E-state index contributed by atoms with van der Waals surface area (Å²) in [6, 6.07) is 3.36. The van der Waals surface area contributed by atoms with Crippen LogP contribution in [0.2, 0.25) is 0 Å². The highest BCUT2D eigenvalue weighted by atomic mass is 19.1. The first-order valence-corrected chi connectivity index (χ1v) is 7.10. The Balaban J connectivity index is 2.13. The fourth-order valence-corrected chi connectivity index (χ4v) is 3.35. The molecule has 1 aromatic heterocycles. The van der Waals surface area contributed by atoms with Gasteiger partial charge < -0.3 is 10.3 Å². The van der Waals surface area contributed by atoms with Crippen LogP contribution in [0.15, 0.2) is 22.7 Å². The zero-order chi connectivity index (χ0) is 15.2. The molecule has 21 heavy (non-hydrogen) atoms. The van der Waals surface area contributed by atoms with Crippen molar-refractivity contribution in [2.45, 2.75) is 39.0 Å². The molecule has 1 heterocycles. The molecule has 1 aromatic carbocycles. The second kappa shape index (κ2) is 4.83. The first kappa shape index (κ1) is 14.0. The van der Waals surface area contributed by atoms with E-state index < -0.39 is 11.6 Å². The monoisotopic (exact) mass is 292 g/mol. The van der Waals surface area contributed by atoms with Gasteiger partial charge in [0, 0.05) is 12.0 Å². The molecule has 1 fully saturated rings. The van der Waals surface area contributed by atoms with Crippen LogP contribution in [0.25, 0.3) is 11.1 Å². The van der Waals surface area contributed by atoms with Gasteiger partial charge in [0.05, 0.1) is 5.56 Å². The Morgan fingerprint density at radius 3 is 2.48 bits per heavy atom. The molecule has 1 aliphatic rings. The minimum atomic E-state index is -0.637. The molecular formula is C16H18F2N2O. The van der Waals surface area contributed by atoms with Gasteiger partial charge in [0.2, 0.25) is 0 Å². The zero-order valence-electron chi connectivity index (χ0n) is 12.1. The Labute approximate surface area is 122 Å². The van der Waals surface area contributed by atoms with Gasteiger partial charge in [0.1, 0.15) is 17.4 Å². The molecule has 0 radical (unpaired) electrons. The highest BCUT2D eigenvalue weighted by Crippen LogP contribution is 2.51. The van der Waals surface area contributed by atoms with Gasteiger partial charge in [0.15, 0.2) is 5.82 Å². The van der Waals surface area contributed by atoms with Crippen molar-refractivity contribution in [3.8, 4) is 11.1 Å². The van der Waals surface area contributed by atoms with Crippen LogP contribution in [0.5, 0.6) is 0 Å². The predicted molar refractivity (Wildman–Crippen MR) is 76.6 cm³/mol. The van der Waals surface area contributed by atoms with Gasteiger partial charge in [-0.1, -0.05) is 25.4 Å². The van der Waals surface area contributed by atoms with Crippen LogP contribution in [-0.2, 0) is 0 Å². The van der Waals surface area contributed by atoms with E-state index in [0.29, 0.717) is 16.9 Å². The fraction of sp³-hybridized carbons (Fsp3) is 0.438. The van der Waals surface area contributed by atoms with Crippen molar-refractivity contribution in [1.82, 2.24) is 5.16 Å².